The van der Waals surface area contributed by atoms with Crippen LogP contribution in [-0.4, -0.2) is 46.3 Å². The van der Waals surface area contributed by atoms with E-state index in [1.807, 2.05) is 24.5 Å². The van der Waals surface area contributed by atoms with Gasteiger partial charge in [0.2, 0.25) is 0 Å². The molecule has 0 amide bonds. The number of ether oxygens (including phenoxy) is 1. The highest BCUT2D eigenvalue weighted by atomic mass is 32.2. The van der Waals surface area contributed by atoms with Gasteiger partial charge in [-0.05, 0) is 31.6 Å². The standard InChI is InChI=1S/C20H25N3O3S/c1-14-17(19(25)22-20(21-14)27-2)8-9-18(24)26-16-10-11-23(13-16)12-15-6-4-3-5-7-15/h3-7,16H,8-13H2,1-2H3,(H,21,22,25)/t16-/m1/s1. The number of hydrogen-bond acceptors (Lipinski definition) is 6. The highest BCUT2D eigenvalue weighted by Gasteiger charge is 2.25. The van der Waals surface area contributed by atoms with E-state index in [-0.39, 0.29) is 24.1 Å². The molecule has 144 valence electrons. The third-order valence-corrected chi connectivity index (χ3v) is 5.33. The highest BCUT2D eigenvalue weighted by molar-refractivity contribution is 7.98. The van der Waals surface area contributed by atoms with E-state index in [0.29, 0.717) is 22.8 Å². The molecule has 3 rings (SSSR count). The summed E-state index contributed by atoms with van der Waals surface area (Å²) in [7, 11) is 0. The van der Waals surface area contributed by atoms with E-state index < -0.39 is 0 Å². The first kappa shape index (κ1) is 19.6. The van der Waals surface area contributed by atoms with Crippen LogP contribution in [0.3, 0.4) is 0 Å². The Morgan fingerprint density at radius 1 is 1.37 bits per heavy atom. The summed E-state index contributed by atoms with van der Waals surface area (Å²) in [5.74, 6) is -0.255. The van der Waals surface area contributed by atoms with Crippen LogP contribution in [0.15, 0.2) is 40.3 Å². The predicted octanol–water partition coefficient (Wildman–Crippen LogP) is 2.55. The number of nitrogens with one attached hydrogen (secondary N) is 1. The number of esters is 1. The van der Waals surface area contributed by atoms with Gasteiger partial charge in [0.25, 0.3) is 5.56 Å². The summed E-state index contributed by atoms with van der Waals surface area (Å²) in [6.45, 7) is 4.35. The maximum atomic E-state index is 12.2. The Kier molecular flexibility index (Phi) is 6.68. The molecule has 1 aromatic carbocycles. The normalized spacial score (nSPS) is 17.2. The number of thioether (sulfide) groups is 1. The number of aromatic amines is 1. The summed E-state index contributed by atoms with van der Waals surface area (Å²) in [6, 6.07) is 10.3. The lowest BCUT2D eigenvalue weighted by molar-refractivity contribution is -0.148. The predicted molar refractivity (Wildman–Crippen MR) is 106 cm³/mol. The molecular weight excluding hydrogens is 362 g/mol. The first-order valence-electron chi connectivity index (χ1n) is 9.14. The van der Waals surface area contributed by atoms with Crippen molar-refractivity contribution in [2.45, 2.75) is 44.0 Å². The summed E-state index contributed by atoms with van der Waals surface area (Å²) in [6.07, 6.45) is 3.18. The molecule has 1 atom stereocenters. The number of benzene rings is 1. The summed E-state index contributed by atoms with van der Waals surface area (Å²) in [4.78, 5) is 33.7. The van der Waals surface area contributed by atoms with Crippen LogP contribution in [0.4, 0.5) is 0 Å². The van der Waals surface area contributed by atoms with Crippen LogP contribution in [0.2, 0.25) is 0 Å². The summed E-state index contributed by atoms with van der Waals surface area (Å²) >= 11 is 1.39. The van der Waals surface area contributed by atoms with Gasteiger partial charge in [0.05, 0.1) is 0 Å². The van der Waals surface area contributed by atoms with Crippen molar-refractivity contribution in [1.82, 2.24) is 14.9 Å². The smallest absolute Gasteiger partial charge is 0.306 e. The van der Waals surface area contributed by atoms with E-state index in [9.17, 15) is 9.59 Å². The fourth-order valence-corrected chi connectivity index (χ4v) is 3.75. The SMILES string of the molecule is CSc1nc(C)c(CCC(=O)O[C@@H]2CCN(Cc3ccccc3)C2)c(=O)[nH]1. The van der Waals surface area contributed by atoms with Crippen LogP contribution in [0, 0.1) is 6.92 Å². The van der Waals surface area contributed by atoms with Gasteiger partial charge in [0.15, 0.2) is 5.16 Å². The molecule has 1 aliphatic heterocycles. The van der Waals surface area contributed by atoms with Crippen LogP contribution in [0.25, 0.3) is 0 Å². The van der Waals surface area contributed by atoms with Crippen LogP contribution in [0.1, 0.15) is 29.7 Å². The van der Waals surface area contributed by atoms with Crippen LogP contribution in [0.5, 0.6) is 0 Å². The fraction of sp³-hybridized carbons (Fsp3) is 0.450. The Balaban J connectivity index is 1.47. The summed E-state index contributed by atoms with van der Waals surface area (Å²) < 4.78 is 5.61. The number of H-pyrrole nitrogens is 1. The van der Waals surface area contributed by atoms with Gasteiger partial charge in [-0.2, -0.15) is 0 Å². The quantitative estimate of drug-likeness (QED) is 0.447. The highest BCUT2D eigenvalue weighted by Crippen LogP contribution is 2.17. The molecule has 0 bridgehead atoms. The van der Waals surface area contributed by atoms with Crippen molar-refractivity contribution in [2.24, 2.45) is 0 Å². The Morgan fingerprint density at radius 3 is 2.85 bits per heavy atom. The summed E-state index contributed by atoms with van der Waals surface area (Å²) in [5.41, 5.74) is 2.32. The number of nitrogens with zero attached hydrogens (tertiary/aromatic N) is 2. The maximum Gasteiger partial charge on any atom is 0.306 e. The van der Waals surface area contributed by atoms with Gasteiger partial charge in [-0.15, -0.1) is 0 Å². The Bertz CT molecular complexity index is 838. The second-order valence-electron chi connectivity index (χ2n) is 6.76. The number of carbonyl (C=O) groups excluding carboxylic acids is 1. The topological polar surface area (TPSA) is 75.3 Å². The van der Waals surface area contributed by atoms with Crippen LogP contribution >= 0.6 is 11.8 Å². The molecule has 1 fully saturated rings. The van der Waals surface area contributed by atoms with E-state index in [4.69, 9.17) is 4.74 Å². The molecule has 0 aliphatic carbocycles. The van der Waals surface area contributed by atoms with Crippen molar-refractivity contribution in [3.8, 4) is 0 Å². The van der Waals surface area contributed by atoms with Crippen molar-refractivity contribution in [3.05, 3.63) is 57.5 Å². The third-order valence-electron chi connectivity index (χ3n) is 4.75. The molecule has 2 aromatic rings. The molecule has 1 saturated heterocycles. The minimum atomic E-state index is -0.255. The number of carbonyl (C=O) groups is 1. The number of aryl methyl sites for hydroxylation is 1. The molecular formula is C20H25N3O3S. The Hall–Kier alpha value is -2.12. The van der Waals surface area contributed by atoms with Crippen LogP contribution in [-0.2, 0) is 22.5 Å². The second kappa shape index (κ2) is 9.19. The number of aromatic nitrogens is 2. The fourth-order valence-electron chi connectivity index (χ4n) is 3.33. The van der Waals surface area contributed by atoms with E-state index >= 15 is 0 Å². The molecule has 1 aliphatic rings. The monoisotopic (exact) mass is 387 g/mol. The third kappa shape index (κ3) is 5.43. The van der Waals surface area contributed by atoms with Crippen LogP contribution < -0.4 is 5.56 Å². The van der Waals surface area contributed by atoms with E-state index in [2.05, 4.69) is 27.0 Å². The number of rotatable bonds is 7. The van der Waals surface area contributed by atoms with E-state index in [1.54, 1.807) is 6.92 Å². The zero-order valence-corrected chi connectivity index (χ0v) is 16.6. The molecule has 1 aromatic heterocycles. The lowest BCUT2D eigenvalue weighted by Gasteiger charge is -2.16. The minimum absolute atomic E-state index is 0.0717. The lowest BCUT2D eigenvalue weighted by Crippen LogP contribution is -2.25. The van der Waals surface area contributed by atoms with Gasteiger partial charge < -0.3 is 9.72 Å². The molecule has 2 heterocycles. The summed E-state index contributed by atoms with van der Waals surface area (Å²) in [5, 5.41) is 0.591. The molecule has 0 spiro atoms. The molecule has 1 N–H and O–H groups in total. The Morgan fingerprint density at radius 2 is 2.15 bits per heavy atom. The van der Waals surface area contributed by atoms with Gasteiger partial charge in [0, 0.05) is 37.3 Å². The van der Waals surface area contributed by atoms with Gasteiger partial charge in [-0.1, -0.05) is 42.1 Å². The molecule has 0 unspecified atom stereocenters. The molecule has 0 saturated carbocycles. The van der Waals surface area contributed by atoms with Crippen molar-refractivity contribution >= 4 is 17.7 Å². The lowest BCUT2D eigenvalue weighted by atomic mass is 10.1. The molecule has 7 heteroatoms. The molecule has 6 nitrogen and oxygen atoms in total. The first-order valence-corrected chi connectivity index (χ1v) is 10.4. The largest absolute Gasteiger partial charge is 0.461 e. The van der Waals surface area contributed by atoms with Gasteiger partial charge >= 0.3 is 5.97 Å². The Labute approximate surface area is 163 Å². The van der Waals surface area contributed by atoms with Crippen molar-refractivity contribution in [2.75, 3.05) is 19.3 Å². The average molecular weight is 388 g/mol. The van der Waals surface area contributed by atoms with Gasteiger partial charge in [-0.3, -0.25) is 14.5 Å². The first-order chi connectivity index (χ1) is 13.0. The molecule has 27 heavy (non-hydrogen) atoms. The zero-order valence-electron chi connectivity index (χ0n) is 15.7. The maximum absolute atomic E-state index is 12.2. The van der Waals surface area contributed by atoms with E-state index in [1.165, 1.54) is 17.3 Å². The second-order valence-corrected chi connectivity index (χ2v) is 7.56. The average Bonchev–Trinajstić information content (AvgIpc) is 3.08. The van der Waals surface area contributed by atoms with E-state index in [0.717, 1.165) is 26.1 Å². The zero-order chi connectivity index (χ0) is 19.2. The molecule has 0 radical (unpaired) electrons. The van der Waals surface area contributed by atoms with Gasteiger partial charge in [-0.25, -0.2) is 4.98 Å². The van der Waals surface area contributed by atoms with Crippen molar-refractivity contribution < 1.29 is 9.53 Å². The number of hydrogen-bond donors (Lipinski definition) is 1. The van der Waals surface area contributed by atoms with Crippen molar-refractivity contribution in [1.29, 1.82) is 0 Å². The van der Waals surface area contributed by atoms with Gasteiger partial charge in [0.1, 0.15) is 6.10 Å². The minimum Gasteiger partial charge on any atom is -0.461 e. The number of likely N-dealkylation sites (tertiary alicyclic amines) is 1. The van der Waals surface area contributed by atoms with Crippen molar-refractivity contribution in [3.63, 3.8) is 0 Å².